The summed E-state index contributed by atoms with van der Waals surface area (Å²) in [6, 6.07) is 3.51. The predicted molar refractivity (Wildman–Crippen MR) is 74.6 cm³/mol. The van der Waals surface area contributed by atoms with Crippen molar-refractivity contribution in [2.24, 2.45) is 0 Å². The first-order valence-electron chi connectivity index (χ1n) is 5.88. The largest absolute Gasteiger partial charge is 0.380 e. The Kier molecular flexibility index (Phi) is 4.08. The van der Waals surface area contributed by atoms with Crippen molar-refractivity contribution in [3.8, 4) is 0 Å². The maximum Gasteiger partial charge on any atom is 0.292 e. The van der Waals surface area contributed by atoms with Gasteiger partial charge in [-0.15, -0.1) is 0 Å². The summed E-state index contributed by atoms with van der Waals surface area (Å²) in [7, 11) is -3.88. The molecule has 0 saturated carbocycles. The van der Waals surface area contributed by atoms with Gasteiger partial charge in [-0.2, -0.15) is 0 Å². The maximum absolute atomic E-state index is 12.2. The fourth-order valence-electron chi connectivity index (χ4n) is 1.64. The van der Waals surface area contributed by atoms with Gasteiger partial charge in [-0.1, -0.05) is 5.16 Å². The molecule has 2 N–H and O–H groups in total. The molecule has 0 unspecified atom stereocenters. The van der Waals surface area contributed by atoms with Gasteiger partial charge in [0, 0.05) is 12.6 Å². The highest BCUT2D eigenvalue weighted by Crippen LogP contribution is 2.28. The molecule has 0 aliphatic carbocycles. The van der Waals surface area contributed by atoms with Crippen LogP contribution in [0.2, 0.25) is 0 Å². The smallest absolute Gasteiger partial charge is 0.292 e. The molecule has 1 aromatic heterocycles. The Balaban J connectivity index is 2.39. The molecule has 1 heterocycles. The first-order valence-corrected chi connectivity index (χ1v) is 7.37. The van der Waals surface area contributed by atoms with E-state index in [0.717, 1.165) is 18.4 Å². The molecular weight excluding hydrogens is 300 g/mol. The van der Waals surface area contributed by atoms with Gasteiger partial charge in [0.05, 0.1) is 16.0 Å². The van der Waals surface area contributed by atoms with Crippen LogP contribution in [-0.4, -0.2) is 25.0 Å². The number of nitro groups is 1. The van der Waals surface area contributed by atoms with Gasteiger partial charge in [0.2, 0.25) is 0 Å². The highest BCUT2D eigenvalue weighted by molar-refractivity contribution is 7.92. The van der Waals surface area contributed by atoms with E-state index in [4.69, 9.17) is 0 Å². The van der Waals surface area contributed by atoms with Crippen molar-refractivity contribution in [3.63, 3.8) is 0 Å². The summed E-state index contributed by atoms with van der Waals surface area (Å²) in [5.41, 5.74) is 0.106. The normalized spacial score (nSPS) is 11.1. The van der Waals surface area contributed by atoms with E-state index in [0.29, 0.717) is 6.54 Å². The van der Waals surface area contributed by atoms with Gasteiger partial charge in [0.15, 0.2) is 0 Å². The van der Waals surface area contributed by atoms with Crippen molar-refractivity contribution in [1.29, 1.82) is 0 Å². The van der Waals surface area contributed by atoms with Crippen LogP contribution in [0.3, 0.4) is 0 Å². The Hall–Kier alpha value is -2.62. The second-order valence-corrected chi connectivity index (χ2v) is 5.67. The van der Waals surface area contributed by atoms with Gasteiger partial charge in [0.1, 0.15) is 17.6 Å². The molecule has 0 amide bonds. The van der Waals surface area contributed by atoms with Crippen LogP contribution < -0.4 is 10.0 Å². The molecule has 112 valence electrons. The number of hydrogen-bond donors (Lipinski definition) is 2. The quantitative estimate of drug-likeness (QED) is 0.615. The molecule has 0 fully saturated rings. The first kappa shape index (κ1) is 14.8. The summed E-state index contributed by atoms with van der Waals surface area (Å²) in [6.45, 7) is 2.17. The first-order chi connectivity index (χ1) is 9.94. The van der Waals surface area contributed by atoms with Crippen molar-refractivity contribution >= 4 is 27.1 Å². The van der Waals surface area contributed by atoms with Crippen LogP contribution in [0.5, 0.6) is 0 Å². The molecule has 10 heteroatoms. The number of aromatic nitrogens is 1. The number of nitrogens with zero attached hydrogens (tertiary/aromatic N) is 2. The predicted octanol–water partition coefficient (Wildman–Crippen LogP) is 1.82. The highest BCUT2D eigenvalue weighted by Gasteiger charge is 2.20. The Morgan fingerprint density at radius 3 is 2.76 bits per heavy atom. The number of sulfonamides is 1. The highest BCUT2D eigenvalue weighted by atomic mass is 32.2. The van der Waals surface area contributed by atoms with E-state index in [-0.39, 0.29) is 22.0 Å². The van der Waals surface area contributed by atoms with Crippen molar-refractivity contribution in [2.75, 3.05) is 16.6 Å². The van der Waals surface area contributed by atoms with E-state index in [1.54, 1.807) is 6.92 Å². The second-order valence-electron chi connectivity index (χ2n) is 3.99. The monoisotopic (exact) mass is 312 g/mol. The summed E-state index contributed by atoms with van der Waals surface area (Å²) in [5, 5.41) is 17.0. The van der Waals surface area contributed by atoms with Crippen LogP contribution >= 0.6 is 0 Å². The fourth-order valence-corrected chi connectivity index (χ4v) is 2.69. The molecule has 0 bridgehead atoms. The van der Waals surface area contributed by atoms with Gasteiger partial charge in [-0.05, 0) is 19.1 Å². The number of benzene rings is 1. The molecule has 1 aromatic carbocycles. The van der Waals surface area contributed by atoms with E-state index in [9.17, 15) is 18.5 Å². The molecule has 0 atom stereocenters. The number of anilines is 2. The molecule has 2 aromatic rings. The number of nitro benzene ring substituents is 1. The number of hydrogen-bond acceptors (Lipinski definition) is 7. The van der Waals surface area contributed by atoms with Gasteiger partial charge < -0.3 is 9.84 Å². The summed E-state index contributed by atoms with van der Waals surface area (Å²) in [4.78, 5) is 10.2. The zero-order valence-electron chi connectivity index (χ0n) is 10.9. The standard InChI is InChI=1S/C11H12N4O5S/c1-2-12-10-5-9(3-4-11(10)15(16)17)21(18,19)14-8-6-13-20-7-8/h3-7,12,14H,2H2,1H3. The minimum atomic E-state index is -3.88. The topological polar surface area (TPSA) is 127 Å². The van der Waals surface area contributed by atoms with Crippen LogP contribution in [-0.2, 0) is 10.0 Å². The molecule has 2 rings (SSSR count). The van der Waals surface area contributed by atoms with Gasteiger partial charge >= 0.3 is 0 Å². The van der Waals surface area contributed by atoms with E-state index in [1.807, 2.05) is 0 Å². The Morgan fingerprint density at radius 2 is 2.19 bits per heavy atom. The van der Waals surface area contributed by atoms with Crippen LogP contribution in [0.25, 0.3) is 0 Å². The number of nitrogens with one attached hydrogen (secondary N) is 2. The lowest BCUT2D eigenvalue weighted by molar-refractivity contribution is -0.384. The summed E-state index contributed by atoms with van der Waals surface area (Å²) < 4.78 is 31.1. The lowest BCUT2D eigenvalue weighted by Crippen LogP contribution is -2.13. The maximum atomic E-state index is 12.2. The Labute approximate surface area is 120 Å². The van der Waals surface area contributed by atoms with Gasteiger partial charge in [0.25, 0.3) is 15.7 Å². The lowest BCUT2D eigenvalue weighted by Gasteiger charge is -2.09. The SMILES string of the molecule is CCNc1cc(S(=O)(=O)Nc2cnoc2)ccc1[N+](=O)[O-]. The minimum absolute atomic E-state index is 0.106. The van der Waals surface area contributed by atoms with Crippen LogP contribution in [0.4, 0.5) is 17.1 Å². The molecular formula is C11H12N4O5S. The number of rotatable bonds is 6. The van der Waals surface area contributed by atoms with E-state index >= 15 is 0 Å². The zero-order valence-corrected chi connectivity index (χ0v) is 11.8. The van der Waals surface area contributed by atoms with Crippen LogP contribution in [0.15, 0.2) is 40.1 Å². The molecule has 0 aliphatic heterocycles. The van der Waals surface area contributed by atoms with Crippen LogP contribution in [0, 0.1) is 10.1 Å². The Bertz CT molecular complexity index is 742. The minimum Gasteiger partial charge on any atom is -0.380 e. The summed E-state index contributed by atoms with van der Waals surface area (Å²) in [5.74, 6) is 0. The van der Waals surface area contributed by atoms with E-state index in [1.165, 1.54) is 12.3 Å². The van der Waals surface area contributed by atoms with E-state index in [2.05, 4.69) is 19.7 Å². The third-order valence-corrected chi connectivity index (χ3v) is 3.91. The van der Waals surface area contributed by atoms with Gasteiger partial charge in [-0.3, -0.25) is 14.8 Å². The molecule has 0 saturated heterocycles. The average Bonchev–Trinajstić information content (AvgIpc) is 2.91. The Morgan fingerprint density at radius 1 is 1.43 bits per heavy atom. The summed E-state index contributed by atoms with van der Waals surface area (Å²) >= 11 is 0. The zero-order chi connectivity index (χ0) is 15.5. The third kappa shape index (κ3) is 3.28. The average molecular weight is 312 g/mol. The van der Waals surface area contributed by atoms with E-state index < -0.39 is 14.9 Å². The molecule has 9 nitrogen and oxygen atoms in total. The van der Waals surface area contributed by atoms with Crippen molar-refractivity contribution in [1.82, 2.24) is 5.16 Å². The third-order valence-electron chi connectivity index (χ3n) is 2.53. The van der Waals surface area contributed by atoms with Crippen molar-refractivity contribution < 1.29 is 17.9 Å². The van der Waals surface area contributed by atoms with Crippen molar-refractivity contribution in [3.05, 3.63) is 40.8 Å². The summed E-state index contributed by atoms with van der Waals surface area (Å²) in [6.07, 6.45) is 2.34. The molecule has 0 radical (unpaired) electrons. The fraction of sp³-hybridized carbons (Fsp3) is 0.182. The molecule has 0 aliphatic rings. The van der Waals surface area contributed by atoms with Crippen molar-refractivity contribution in [2.45, 2.75) is 11.8 Å². The molecule has 21 heavy (non-hydrogen) atoms. The van der Waals surface area contributed by atoms with Gasteiger partial charge in [-0.25, -0.2) is 8.42 Å². The van der Waals surface area contributed by atoms with Crippen LogP contribution in [0.1, 0.15) is 6.92 Å². The lowest BCUT2D eigenvalue weighted by atomic mass is 10.2. The second kappa shape index (κ2) is 5.79. The molecule has 0 spiro atoms.